The van der Waals surface area contributed by atoms with Gasteiger partial charge < -0.3 is 5.11 Å². The van der Waals surface area contributed by atoms with Gasteiger partial charge in [0.05, 0.1) is 23.5 Å². The second-order valence-electron chi connectivity index (χ2n) is 4.03. The lowest BCUT2D eigenvalue weighted by Crippen LogP contribution is -2.15. The summed E-state index contributed by atoms with van der Waals surface area (Å²) in [4.78, 5) is 10.9. The Labute approximate surface area is 113 Å². The summed E-state index contributed by atoms with van der Waals surface area (Å²) in [6.45, 7) is 1.67. The number of aliphatic carboxylic acids is 1. The summed E-state index contributed by atoms with van der Waals surface area (Å²) in [5.74, 6) is -1.29. The molecule has 1 atom stereocenters. The van der Waals surface area contributed by atoms with Crippen LogP contribution in [0.4, 0.5) is 0 Å². The average Bonchev–Trinajstić information content (AvgIpc) is 2.77. The molecule has 6 heteroatoms. The molecular formula is C12H12BrN3O2. The fourth-order valence-corrected chi connectivity index (χ4v) is 2.08. The van der Waals surface area contributed by atoms with Crippen molar-refractivity contribution < 1.29 is 9.90 Å². The lowest BCUT2D eigenvalue weighted by atomic mass is 10.1. The molecule has 0 saturated carbocycles. The zero-order valence-corrected chi connectivity index (χ0v) is 11.3. The largest absolute Gasteiger partial charge is 0.481 e. The van der Waals surface area contributed by atoms with E-state index in [0.717, 1.165) is 15.9 Å². The Morgan fingerprint density at radius 3 is 2.89 bits per heavy atom. The summed E-state index contributed by atoms with van der Waals surface area (Å²) in [6, 6.07) is 7.60. The van der Waals surface area contributed by atoms with E-state index in [9.17, 15) is 4.79 Å². The lowest BCUT2D eigenvalue weighted by molar-refractivity contribution is -0.141. The maximum atomic E-state index is 10.9. The highest BCUT2D eigenvalue weighted by Crippen LogP contribution is 2.21. The van der Waals surface area contributed by atoms with Gasteiger partial charge in [0, 0.05) is 10.9 Å². The van der Waals surface area contributed by atoms with Crippen molar-refractivity contribution in [1.82, 2.24) is 15.0 Å². The Kier molecular flexibility index (Phi) is 3.76. The Hall–Kier alpha value is -1.69. The van der Waals surface area contributed by atoms with Crippen molar-refractivity contribution in [2.75, 3.05) is 0 Å². The van der Waals surface area contributed by atoms with Crippen molar-refractivity contribution in [2.45, 2.75) is 13.3 Å². The molecule has 0 aliphatic rings. The minimum atomic E-state index is -0.824. The number of hydrogen-bond acceptors (Lipinski definition) is 3. The summed E-state index contributed by atoms with van der Waals surface area (Å²) in [6.07, 6.45) is 1.99. The van der Waals surface area contributed by atoms with Crippen LogP contribution in [0.25, 0.3) is 5.69 Å². The number of carboxylic acid groups (broad SMARTS) is 1. The van der Waals surface area contributed by atoms with Gasteiger partial charge in [0.25, 0.3) is 0 Å². The summed E-state index contributed by atoms with van der Waals surface area (Å²) in [5, 5.41) is 16.8. The van der Waals surface area contributed by atoms with Crippen LogP contribution in [-0.4, -0.2) is 26.1 Å². The molecule has 1 unspecified atom stereocenters. The van der Waals surface area contributed by atoms with E-state index in [2.05, 4.69) is 26.2 Å². The standard InChI is InChI=1S/C12H12BrN3O2/c1-8(12(17)18)6-9-7-14-15-16(9)11-5-3-2-4-10(11)13/h2-5,7-8H,6H2,1H3,(H,17,18). The first-order valence-corrected chi connectivity index (χ1v) is 6.26. The number of hydrogen-bond donors (Lipinski definition) is 1. The molecule has 18 heavy (non-hydrogen) atoms. The molecule has 1 heterocycles. The highest BCUT2D eigenvalue weighted by Gasteiger charge is 2.16. The van der Waals surface area contributed by atoms with Crippen molar-refractivity contribution in [3.05, 3.63) is 40.6 Å². The van der Waals surface area contributed by atoms with Gasteiger partial charge in [-0.3, -0.25) is 4.79 Å². The van der Waals surface area contributed by atoms with Crippen LogP contribution in [-0.2, 0) is 11.2 Å². The molecule has 0 bridgehead atoms. The van der Waals surface area contributed by atoms with E-state index in [0.29, 0.717) is 6.42 Å². The second kappa shape index (κ2) is 5.30. The molecule has 0 amide bonds. The van der Waals surface area contributed by atoms with Gasteiger partial charge in [-0.2, -0.15) is 0 Å². The molecule has 0 aliphatic heterocycles. The van der Waals surface area contributed by atoms with E-state index in [1.807, 2.05) is 24.3 Å². The number of halogens is 1. The molecule has 2 rings (SSSR count). The number of aromatic nitrogens is 3. The first-order valence-electron chi connectivity index (χ1n) is 5.47. The number of para-hydroxylation sites is 1. The normalized spacial score (nSPS) is 12.3. The van der Waals surface area contributed by atoms with E-state index in [-0.39, 0.29) is 0 Å². The summed E-state index contributed by atoms with van der Waals surface area (Å²) in [5.41, 5.74) is 1.62. The topological polar surface area (TPSA) is 68.0 Å². The summed E-state index contributed by atoms with van der Waals surface area (Å²) < 4.78 is 2.54. The van der Waals surface area contributed by atoms with E-state index in [1.54, 1.807) is 17.8 Å². The maximum Gasteiger partial charge on any atom is 0.306 e. The van der Waals surface area contributed by atoms with Crippen molar-refractivity contribution in [1.29, 1.82) is 0 Å². The smallest absolute Gasteiger partial charge is 0.306 e. The highest BCUT2D eigenvalue weighted by atomic mass is 79.9. The van der Waals surface area contributed by atoms with Crippen LogP contribution < -0.4 is 0 Å². The van der Waals surface area contributed by atoms with Gasteiger partial charge in [-0.25, -0.2) is 4.68 Å². The third kappa shape index (κ3) is 2.59. The molecule has 1 N–H and O–H groups in total. The number of rotatable bonds is 4. The average molecular weight is 310 g/mol. The number of nitrogens with zero attached hydrogens (tertiary/aromatic N) is 3. The molecule has 0 saturated heterocycles. The third-order valence-electron chi connectivity index (χ3n) is 2.64. The Bertz CT molecular complexity index is 568. The van der Waals surface area contributed by atoms with Crippen LogP contribution in [0.15, 0.2) is 34.9 Å². The van der Waals surface area contributed by atoms with Crippen LogP contribution in [0.1, 0.15) is 12.6 Å². The van der Waals surface area contributed by atoms with Gasteiger partial charge in [-0.1, -0.05) is 24.3 Å². The molecule has 94 valence electrons. The minimum absolute atomic E-state index is 0.393. The fourth-order valence-electron chi connectivity index (χ4n) is 1.62. The second-order valence-corrected chi connectivity index (χ2v) is 4.89. The van der Waals surface area contributed by atoms with Gasteiger partial charge in [0.2, 0.25) is 0 Å². The number of benzene rings is 1. The first-order chi connectivity index (χ1) is 8.59. The van der Waals surface area contributed by atoms with Crippen molar-refractivity contribution in [3.8, 4) is 5.69 Å². The molecule has 0 fully saturated rings. The number of carboxylic acids is 1. The predicted molar refractivity (Wildman–Crippen MR) is 69.6 cm³/mol. The van der Waals surface area contributed by atoms with Crippen LogP contribution in [0.5, 0.6) is 0 Å². The zero-order valence-electron chi connectivity index (χ0n) is 9.75. The van der Waals surface area contributed by atoms with Crippen molar-refractivity contribution >= 4 is 21.9 Å². The SMILES string of the molecule is CC(Cc1cnnn1-c1ccccc1Br)C(=O)O. The zero-order chi connectivity index (χ0) is 13.1. The minimum Gasteiger partial charge on any atom is -0.481 e. The summed E-state index contributed by atoms with van der Waals surface area (Å²) >= 11 is 3.44. The highest BCUT2D eigenvalue weighted by molar-refractivity contribution is 9.10. The predicted octanol–water partition coefficient (Wildman–Crippen LogP) is 2.29. The molecule has 0 radical (unpaired) electrons. The van der Waals surface area contributed by atoms with Gasteiger partial charge in [-0.05, 0) is 28.1 Å². The van der Waals surface area contributed by atoms with Crippen molar-refractivity contribution in [2.24, 2.45) is 5.92 Å². The molecule has 0 spiro atoms. The summed E-state index contributed by atoms with van der Waals surface area (Å²) in [7, 11) is 0. The molecule has 2 aromatic rings. The van der Waals surface area contributed by atoms with E-state index < -0.39 is 11.9 Å². The molecular weight excluding hydrogens is 298 g/mol. The van der Waals surface area contributed by atoms with Gasteiger partial charge >= 0.3 is 5.97 Å². The van der Waals surface area contributed by atoms with Gasteiger partial charge in [0.1, 0.15) is 0 Å². The molecule has 1 aromatic carbocycles. The van der Waals surface area contributed by atoms with Crippen molar-refractivity contribution in [3.63, 3.8) is 0 Å². The Morgan fingerprint density at radius 2 is 2.22 bits per heavy atom. The fraction of sp³-hybridized carbons (Fsp3) is 0.250. The Balaban J connectivity index is 2.34. The Morgan fingerprint density at radius 1 is 1.50 bits per heavy atom. The quantitative estimate of drug-likeness (QED) is 0.941. The van der Waals surface area contributed by atoms with Gasteiger partial charge in [0.15, 0.2) is 0 Å². The molecule has 1 aromatic heterocycles. The molecule has 5 nitrogen and oxygen atoms in total. The van der Waals surface area contributed by atoms with Crippen LogP contribution >= 0.6 is 15.9 Å². The van der Waals surface area contributed by atoms with Gasteiger partial charge in [-0.15, -0.1) is 5.10 Å². The molecule has 0 aliphatic carbocycles. The van der Waals surface area contributed by atoms with Crippen LogP contribution in [0.3, 0.4) is 0 Å². The third-order valence-corrected chi connectivity index (χ3v) is 3.31. The van der Waals surface area contributed by atoms with Crippen LogP contribution in [0, 0.1) is 5.92 Å². The number of carbonyl (C=O) groups is 1. The maximum absolute atomic E-state index is 10.9. The van der Waals surface area contributed by atoms with Crippen LogP contribution in [0.2, 0.25) is 0 Å². The first kappa shape index (κ1) is 12.8. The lowest BCUT2D eigenvalue weighted by Gasteiger charge is -2.09. The van der Waals surface area contributed by atoms with E-state index >= 15 is 0 Å². The van der Waals surface area contributed by atoms with E-state index in [1.165, 1.54) is 0 Å². The van der Waals surface area contributed by atoms with E-state index in [4.69, 9.17) is 5.11 Å². The monoisotopic (exact) mass is 309 g/mol.